The van der Waals surface area contributed by atoms with E-state index in [1.54, 1.807) is 11.3 Å². The average Bonchev–Trinajstić information content (AvgIpc) is 3.23. The molecule has 1 N–H and O–H groups in total. The number of carbonyl (C=O) groups excluding carboxylic acids is 1. The number of benzene rings is 1. The lowest BCUT2D eigenvalue weighted by molar-refractivity contribution is 0.0702. The number of hydrogen-bond acceptors (Lipinski definition) is 3. The quantitative estimate of drug-likeness (QED) is 0.785. The average molecular weight is 311 g/mol. The van der Waals surface area contributed by atoms with Crippen LogP contribution in [0.3, 0.4) is 0 Å². The van der Waals surface area contributed by atoms with Crippen LogP contribution in [0.4, 0.5) is 0 Å². The van der Waals surface area contributed by atoms with Gasteiger partial charge in [-0.15, -0.1) is 11.3 Å². The van der Waals surface area contributed by atoms with Crippen LogP contribution in [0.1, 0.15) is 34.3 Å². The van der Waals surface area contributed by atoms with Crippen LogP contribution in [0.25, 0.3) is 10.9 Å². The number of thiazole rings is 1. The molecule has 0 saturated carbocycles. The van der Waals surface area contributed by atoms with Crippen molar-refractivity contribution < 1.29 is 4.79 Å². The Bertz CT molecular complexity index is 760. The van der Waals surface area contributed by atoms with Gasteiger partial charge in [0.25, 0.3) is 5.91 Å². The predicted molar refractivity (Wildman–Crippen MR) is 88.3 cm³/mol. The fraction of sp³-hybridized carbons (Fsp3) is 0.294. The van der Waals surface area contributed by atoms with Gasteiger partial charge in [0.2, 0.25) is 0 Å². The molecule has 3 heterocycles. The first-order chi connectivity index (χ1) is 10.8. The number of piperidine rings is 1. The molecule has 0 bridgehead atoms. The molecule has 2 aromatic heterocycles. The Morgan fingerprint density at radius 2 is 2.27 bits per heavy atom. The minimum atomic E-state index is 0.0949. The van der Waals surface area contributed by atoms with Gasteiger partial charge in [-0.05, 0) is 25.0 Å². The van der Waals surface area contributed by atoms with E-state index in [4.69, 9.17) is 0 Å². The first kappa shape index (κ1) is 13.5. The first-order valence-electron chi connectivity index (χ1n) is 7.58. The van der Waals surface area contributed by atoms with Crippen LogP contribution in [-0.2, 0) is 0 Å². The molecular weight excluding hydrogens is 294 g/mol. The normalized spacial score (nSPS) is 18.7. The van der Waals surface area contributed by atoms with Gasteiger partial charge in [0, 0.05) is 41.5 Å². The lowest BCUT2D eigenvalue weighted by atomic mass is 9.98. The molecule has 0 aliphatic carbocycles. The van der Waals surface area contributed by atoms with E-state index < -0.39 is 0 Å². The van der Waals surface area contributed by atoms with Gasteiger partial charge < -0.3 is 9.88 Å². The van der Waals surface area contributed by atoms with E-state index in [0.717, 1.165) is 41.8 Å². The highest BCUT2D eigenvalue weighted by Crippen LogP contribution is 2.29. The molecule has 4 rings (SSSR count). The highest BCUT2D eigenvalue weighted by molar-refractivity contribution is 7.09. The summed E-state index contributed by atoms with van der Waals surface area (Å²) < 4.78 is 0. The lowest BCUT2D eigenvalue weighted by Crippen LogP contribution is -2.39. The van der Waals surface area contributed by atoms with E-state index in [1.807, 2.05) is 46.8 Å². The van der Waals surface area contributed by atoms with Gasteiger partial charge in [-0.3, -0.25) is 4.79 Å². The number of fused-ring (bicyclic) bond motifs is 1. The number of para-hydroxylation sites is 1. The highest BCUT2D eigenvalue weighted by atomic mass is 32.1. The molecule has 3 aromatic rings. The van der Waals surface area contributed by atoms with Crippen LogP contribution in [0, 0.1) is 0 Å². The van der Waals surface area contributed by atoms with Gasteiger partial charge in [0.15, 0.2) is 0 Å². The number of likely N-dealkylation sites (tertiary alicyclic amines) is 1. The second kappa shape index (κ2) is 5.57. The third kappa shape index (κ3) is 2.41. The maximum Gasteiger partial charge on any atom is 0.270 e. The number of aromatic nitrogens is 2. The molecule has 4 nitrogen and oxygen atoms in total. The molecule has 1 amide bonds. The topological polar surface area (TPSA) is 49.0 Å². The van der Waals surface area contributed by atoms with Crippen molar-refractivity contribution in [2.75, 3.05) is 13.1 Å². The molecule has 1 unspecified atom stereocenters. The first-order valence-corrected chi connectivity index (χ1v) is 8.45. The zero-order valence-corrected chi connectivity index (χ0v) is 13.0. The zero-order valence-electron chi connectivity index (χ0n) is 12.2. The minimum absolute atomic E-state index is 0.0949. The largest absolute Gasteiger partial charge is 0.351 e. The number of H-pyrrole nitrogens is 1. The number of nitrogens with zero attached hydrogens (tertiary/aromatic N) is 2. The van der Waals surface area contributed by atoms with Crippen molar-refractivity contribution in [1.29, 1.82) is 0 Å². The number of carbonyl (C=O) groups is 1. The standard InChI is InChI=1S/C17H17N3OS/c21-17(15-10-12-4-1-2-6-14(12)19-15)20-8-3-5-13(11-20)16-18-7-9-22-16/h1-2,4,6-7,9-10,13,19H,3,5,8,11H2. The molecule has 112 valence electrons. The van der Waals surface area contributed by atoms with Crippen molar-refractivity contribution in [2.24, 2.45) is 0 Å². The number of aromatic amines is 1. The van der Waals surface area contributed by atoms with Crippen LogP contribution in [0.5, 0.6) is 0 Å². The van der Waals surface area contributed by atoms with Crippen molar-refractivity contribution in [2.45, 2.75) is 18.8 Å². The van der Waals surface area contributed by atoms with E-state index in [9.17, 15) is 4.79 Å². The van der Waals surface area contributed by atoms with Crippen LogP contribution < -0.4 is 0 Å². The van der Waals surface area contributed by atoms with Crippen molar-refractivity contribution >= 4 is 28.1 Å². The molecule has 1 atom stereocenters. The molecule has 1 aliphatic heterocycles. The van der Waals surface area contributed by atoms with E-state index >= 15 is 0 Å². The Kier molecular flexibility index (Phi) is 3.42. The maximum absolute atomic E-state index is 12.8. The molecule has 1 aliphatic rings. The summed E-state index contributed by atoms with van der Waals surface area (Å²) in [5.74, 6) is 0.472. The third-order valence-corrected chi connectivity index (χ3v) is 5.21. The molecule has 0 radical (unpaired) electrons. The summed E-state index contributed by atoms with van der Waals surface area (Å²) in [5, 5.41) is 4.24. The molecule has 22 heavy (non-hydrogen) atoms. The SMILES string of the molecule is O=C(c1cc2ccccc2[nH]1)N1CCCC(c2nccs2)C1. The van der Waals surface area contributed by atoms with Crippen molar-refractivity contribution in [1.82, 2.24) is 14.9 Å². The van der Waals surface area contributed by atoms with Crippen LogP contribution in [-0.4, -0.2) is 33.9 Å². The molecule has 1 fully saturated rings. The fourth-order valence-corrected chi connectivity index (χ4v) is 3.93. The molecule has 5 heteroatoms. The summed E-state index contributed by atoms with van der Waals surface area (Å²) in [6.45, 7) is 1.60. The Balaban J connectivity index is 1.56. The summed E-state index contributed by atoms with van der Waals surface area (Å²) in [5.41, 5.74) is 1.69. The van der Waals surface area contributed by atoms with Crippen molar-refractivity contribution in [3.63, 3.8) is 0 Å². The summed E-state index contributed by atoms with van der Waals surface area (Å²) >= 11 is 1.69. The second-order valence-electron chi connectivity index (χ2n) is 5.73. The van der Waals surface area contributed by atoms with Gasteiger partial charge in [-0.2, -0.15) is 0 Å². The Hall–Kier alpha value is -2.14. The Morgan fingerprint density at radius 1 is 1.36 bits per heavy atom. The monoisotopic (exact) mass is 311 g/mol. The summed E-state index contributed by atoms with van der Waals surface area (Å²) in [4.78, 5) is 22.4. The predicted octanol–water partition coefficient (Wildman–Crippen LogP) is 3.64. The smallest absolute Gasteiger partial charge is 0.270 e. The molecule has 1 aromatic carbocycles. The molecule has 0 spiro atoms. The van der Waals surface area contributed by atoms with E-state index in [-0.39, 0.29) is 5.91 Å². The summed E-state index contributed by atoms with van der Waals surface area (Å²) in [6.07, 6.45) is 4.00. The zero-order chi connectivity index (χ0) is 14.9. The maximum atomic E-state index is 12.8. The van der Waals surface area contributed by atoms with Crippen molar-refractivity contribution in [3.8, 4) is 0 Å². The summed E-state index contributed by atoms with van der Waals surface area (Å²) in [6, 6.07) is 9.94. The fourth-order valence-electron chi connectivity index (χ4n) is 3.16. The van der Waals surface area contributed by atoms with E-state index in [0.29, 0.717) is 11.6 Å². The van der Waals surface area contributed by atoms with Crippen LogP contribution >= 0.6 is 11.3 Å². The molecule has 1 saturated heterocycles. The highest BCUT2D eigenvalue weighted by Gasteiger charge is 2.27. The van der Waals surface area contributed by atoms with Crippen molar-refractivity contribution in [3.05, 3.63) is 52.6 Å². The molecular formula is C17H17N3OS. The van der Waals surface area contributed by atoms with Gasteiger partial charge in [0.1, 0.15) is 5.69 Å². The summed E-state index contributed by atoms with van der Waals surface area (Å²) in [7, 11) is 0. The van der Waals surface area contributed by atoms with Gasteiger partial charge in [-0.25, -0.2) is 4.98 Å². The van der Waals surface area contributed by atoms with E-state index in [2.05, 4.69) is 9.97 Å². The lowest BCUT2D eigenvalue weighted by Gasteiger charge is -2.31. The number of amides is 1. The third-order valence-electron chi connectivity index (χ3n) is 4.27. The van der Waals surface area contributed by atoms with Crippen LogP contribution in [0.15, 0.2) is 41.9 Å². The minimum Gasteiger partial charge on any atom is -0.351 e. The van der Waals surface area contributed by atoms with Gasteiger partial charge in [-0.1, -0.05) is 18.2 Å². The number of hydrogen-bond donors (Lipinski definition) is 1. The Morgan fingerprint density at radius 3 is 3.09 bits per heavy atom. The van der Waals surface area contributed by atoms with Crippen LogP contribution in [0.2, 0.25) is 0 Å². The van der Waals surface area contributed by atoms with Gasteiger partial charge in [0.05, 0.1) is 5.01 Å². The number of rotatable bonds is 2. The van der Waals surface area contributed by atoms with E-state index in [1.165, 1.54) is 0 Å². The van der Waals surface area contributed by atoms with Gasteiger partial charge >= 0.3 is 0 Å². The Labute approximate surface area is 132 Å². The second-order valence-corrected chi connectivity index (χ2v) is 6.66. The number of nitrogens with one attached hydrogen (secondary N) is 1.